The molecule has 0 saturated carbocycles. The lowest BCUT2D eigenvalue weighted by Gasteiger charge is -2.37. The van der Waals surface area contributed by atoms with E-state index in [-0.39, 0.29) is 30.7 Å². The highest BCUT2D eigenvalue weighted by atomic mass is 35.5. The van der Waals surface area contributed by atoms with Crippen LogP contribution in [0.25, 0.3) is 0 Å². The molecule has 0 radical (unpaired) electrons. The number of likely N-dealkylation sites (tertiary alicyclic amines) is 1. The Hall–Kier alpha value is -1.01. The van der Waals surface area contributed by atoms with Crippen molar-refractivity contribution in [3.8, 4) is 0 Å². The van der Waals surface area contributed by atoms with Gasteiger partial charge >= 0.3 is 0 Å². The maximum atomic E-state index is 12.6. The van der Waals surface area contributed by atoms with Gasteiger partial charge in [0.05, 0.1) is 17.8 Å². The van der Waals surface area contributed by atoms with Gasteiger partial charge in [0.1, 0.15) is 0 Å². The van der Waals surface area contributed by atoms with Crippen LogP contribution in [0.5, 0.6) is 0 Å². The van der Waals surface area contributed by atoms with Crippen LogP contribution in [0.1, 0.15) is 43.5 Å². The summed E-state index contributed by atoms with van der Waals surface area (Å²) in [6, 6.07) is 7.36. The van der Waals surface area contributed by atoms with Gasteiger partial charge in [0.15, 0.2) is 0 Å². The number of carbonyl (C=O) groups is 1. The van der Waals surface area contributed by atoms with Gasteiger partial charge in [-0.15, -0.1) is 24.8 Å². The fourth-order valence-electron chi connectivity index (χ4n) is 4.12. The fourth-order valence-corrected chi connectivity index (χ4v) is 4.12. The van der Waals surface area contributed by atoms with Crippen LogP contribution in [0.15, 0.2) is 24.3 Å². The number of halogens is 2. The summed E-state index contributed by atoms with van der Waals surface area (Å²) in [5, 5.41) is 0. The molecule has 0 spiro atoms. The molecule has 3 rings (SSSR count). The molecule has 2 heterocycles. The first-order valence-electron chi connectivity index (χ1n) is 9.54. The van der Waals surface area contributed by atoms with Crippen LogP contribution in [0, 0.1) is 5.92 Å². The number of para-hydroxylation sites is 1. The minimum Gasteiger partial charge on any atom is -0.398 e. The van der Waals surface area contributed by atoms with Crippen molar-refractivity contribution in [1.82, 2.24) is 9.80 Å². The third-order valence-corrected chi connectivity index (χ3v) is 5.44. The third kappa shape index (κ3) is 6.53. The SMILES string of the molecule is CC1CN(CCC2CCN(C(=O)c3ccccc3N)CC2)CC(C)O1.Cl.Cl. The Kier molecular flexibility index (Phi) is 9.88. The summed E-state index contributed by atoms with van der Waals surface area (Å²) in [5.74, 6) is 0.790. The smallest absolute Gasteiger partial charge is 0.255 e. The molecule has 1 amide bonds. The second kappa shape index (κ2) is 11.1. The molecule has 2 N–H and O–H groups in total. The van der Waals surface area contributed by atoms with E-state index in [0.29, 0.717) is 29.4 Å². The van der Waals surface area contributed by atoms with Crippen molar-refractivity contribution in [3.05, 3.63) is 29.8 Å². The first kappa shape index (κ1) is 24.0. The molecule has 0 aromatic heterocycles. The molecule has 2 aliphatic heterocycles. The van der Waals surface area contributed by atoms with Gasteiger partial charge in [-0.05, 0) is 57.7 Å². The summed E-state index contributed by atoms with van der Waals surface area (Å²) in [5.41, 5.74) is 7.16. The fraction of sp³-hybridized carbons (Fsp3) is 0.650. The summed E-state index contributed by atoms with van der Waals surface area (Å²) in [7, 11) is 0. The van der Waals surface area contributed by atoms with Crippen molar-refractivity contribution >= 4 is 36.4 Å². The van der Waals surface area contributed by atoms with Gasteiger partial charge in [-0.25, -0.2) is 0 Å². The minimum atomic E-state index is 0. The molecule has 2 aliphatic rings. The maximum absolute atomic E-state index is 12.6. The van der Waals surface area contributed by atoms with Crippen LogP contribution in [0.2, 0.25) is 0 Å². The van der Waals surface area contributed by atoms with Gasteiger partial charge < -0.3 is 15.4 Å². The molecule has 1 aromatic carbocycles. The summed E-state index contributed by atoms with van der Waals surface area (Å²) in [4.78, 5) is 17.1. The number of morpholine rings is 1. The van der Waals surface area contributed by atoms with Crippen molar-refractivity contribution in [2.45, 2.75) is 45.3 Å². The summed E-state index contributed by atoms with van der Waals surface area (Å²) >= 11 is 0. The van der Waals surface area contributed by atoms with Crippen molar-refractivity contribution in [2.75, 3.05) is 38.5 Å². The molecule has 0 aliphatic carbocycles. The number of hydrogen-bond donors (Lipinski definition) is 1. The van der Waals surface area contributed by atoms with E-state index in [0.717, 1.165) is 45.6 Å². The average molecular weight is 418 g/mol. The number of nitrogens with zero attached hydrogens (tertiary/aromatic N) is 2. The Morgan fingerprint density at radius 3 is 2.30 bits per heavy atom. The lowest BCUT2D eigenvalue weighted by Crippen LogP contribution is -2.46. The quantitative estimate of drug-likeness (QED) is 0.761. The standard InChI is InChI=1S/C20H31N3O2.2ClH/c1-15-13-22(14-16(2)25-15)10-7-17-8-11-23(12-9-17)20(24)18-5-3-4-6-19(18)21;;/h3-6,15-17H,7-14,21H2,1-2H3;2*1H. The molecular formula is C20H33Cl2N3O2. The van der Waals surface area contributed by atoms with E-state index in [2.05, 4.69) is 18.7 Å². The van der Waals surface area contributed by atoms with Crippen molar-refractivity contribution in [3.63, 3.8) is 0 Å². The Morgan fingerprint density at radius 2 is 1.70 bits per heavy atom. The van der Waals surface area contributed by atoms with Gasteiger partial charge in [0.2, 0.25) is 0 Å². The van der Waals surface area contributed by atoms with Crippen LogP contribution in [0.4, 0.5) is 5.69 Å². The number of anilines is 1. The Balaban J connectivity index is 0.00000182. The zero-order valence-corrected chi connectivity index (χ0v) is 17.9. The van der Waals surface area contributed by atoms with Crippen molar-refractivity contribution < 1.29 is 9.53 Å². The van der Waals surface area contributed by atoms with Gasteiger partial charge in [0.25, 0.3) is 5.91 Å². The predicted molar refractivity (Wildman–Crippen MR) is 115 cm³/mol. The second-order valence-corrected chi connectivity index (χ2v) is 7.63. The Morgan fingerprint density at radius 1 is 1.11 bits per heavy atom. The van der Waals surface area contributed by atoms with Gasteiger partial charge in [-0.3, -0.25) is 9.69 Å². The largest absolute Gasteiger partial charge is 0.398 e. The Labute approximate surface area is 175 Å². The topological polar surface area (TPSA) is 58.8 Å². The van der Waals surface area contributed by atoms with E-state index >= 15 is 0 Å². The van der Waals surface area contributed by atoms with E-state index in [4.69, 9.17) is 10.5 Å². The van der Waals surface area contributed by atoms with Crippen molar-refractivity contribution in [2.24, 2.45) is 5.92 Å². The highest BCUT2D eigenvalue weighted by Crippen LogP contribution is 2.24. The number of amides is 1. The highest BCUT2D eigenvalue weighted by Gasteiger charge is 2.26. The van der Waals surface area contributed by atoms with E-state index in [1.54, 1.807) is 6.07 Å². The van der Waals surface area contributed by atoms with E-state index in [1.807, 2.05) is 23.1 Å². The first-order chi connectivity index (χ1) is 12.0. The molecule has 5 nitrogen and oxygen atoms in total. The van der Waals surface area contributed by atoms with Crippen LogP contribution < -0.4 is 5.73 Å². The number of nitrogens with two attached hydrogens (primary N) is 1. The predicted octanol–water partition coefficient (Wildman–Crippen LogP) is 3.46. The molecule has 2 atom stereocenters. The maximum Gasteiger partial charge on any atom is 0.255 e. The lowest BCUT2D eigenvalue weighted by atomic mass is 9.92. The highest BCUT2D eigenvalue weighted by molar-refractivity contribution is 5.99. The lowest BCUT2D eigenvalue weighted by molar-refractivity contribution is -0.0693. The zero-order chi connectivity index (χ0) is 17.8. The molecule has 2 fully saturated rings. The number of nitrogen functional groups attached to an aromatic ring is 1. The van der Waals surface area contributed by atoms with Gasteiger partial charge in [-0.1, -0.05) is 12.1 Å². The number of piperidine rings is 1. The summed E-state index contributed by atoms with van der Waals surface area (Å²) in [6.45, 7) is 9.21. The molecular weight excluding hydrogens is 385 g/mol. The molecule has 7 heteroatoms. The number of carbonyl (C=O) groups excluding carboxylic acids is 1. The number of rotatable bonds is 4. The van der Waals surface area contributed by atoms with Crippen LogP contribution in [-0.2, 0) is 4.74 Å². The van der Waals surface area contributed by atoms with Gasteiger partial charge in [0, 0.05) is 31.9 Å². The summed E-state index contributed by atoms with van der Waals surface area (Å²) in [6.07, 6.45) is 4.07. The monoisotopic (exact) mass is 417 g/mol. The number of benzene rings is 1. The first-order valence-corrected chi connectivity index (χ1v) is 9.54. The van der Waals surface area contributed by atoms with E-state index < -0.39 is 0 Å². The average Bonchev–Trinajstić information content (AvgIpc) is 2.59. The molecule has 154 valence electrons. The third-order valence-electron chi connectivity index (χ3n) is 5.44. The van der Waals surface area contributed by atoms with Crippen LogP contribution >= 0.6 is 24.8 Å². The van der Waals surface area contributed by atoms with Crippen molar-refractivity contribution in [1.29, 1.82) is 0 Å². The normalized spacial score (nSPS) is 24.0. The number of ether oxygens (including phenoxy) is 1. The van der Waals surface area contributed by atoms with Crippen LogP contribution in [-0.4, -0.2) is 60.6 Å². The Bertz CT molecular complexity index is 584. The molecule has 27 heavy (non-hydrogen) atoms. The molecule has 2 saturated heterocycles. The molecule has 1 aromatic rings. The van der Waals surface area contributed by atoms with E-state index in [9.17, 15) is 4.79 Å². The summed E-state index contributed by atoms with van der Waals surface area (Å²) < 4.78 is 5.80. The van der Waals surface area contributed by atoms with E-state index in [1.165, 1.54) is 6.42 Å². The second-order valence-electron chi connectivity index (χ2n) is 7.63. The molecule has 0 bridgehead atoms. The molecule has 2 unspecified atom stereocenters. The minimum absolute atomic E-state index is 0. The number of hydrogen-bond acceptors (Lipinski definition) is 4. The zero-order valence-electron chi connectivity index (χ0n) is 16.3. The van der Waals surface area contributed by atoms with Gasteiger partial charge in [-0.2, -0.15) is 0 Å². The van der Waals surface area contributed by atoms with Crippen LogP contribution in [0.3, 0.4) is 0 Å².